The van der Waals surface area contributed by atoms with Crippen molar-refractivity contribution in [1.82, 2.24) is 5.32 Å². The van der Waals surface area contributed by atoms with Crippen molar-refractivity contribution < 1.29 is 19.1 Å². The summed E-state index contributed by atoms with van der Waals surface area (Å²) in [6.45, 7) is 1.90. The molecule has 0 radical (unpaired) electrons. The molecule has 7 heteroatoms. The molecule has 4 rings (SSSR count). The third-order valence-corrected chi connectivity index (χ3v) is 5.08. The van der Waals surface area contributed by atoms with Gasteiger partial charge in [-0.1, -0.05) is 28.9 Å². The fraction of sp³-hybridized carbons (Fsp3) is 0.333. The zero-order valence-corrected chi connectivity index (χ0v) is 16.2. The summed E-state index contributed by atoms with van der Waals surface area (Å²) in [5, 5.41) is 7.79. The highest BCUT2D eigenvalue weighted by Gasteiger charge is 2.33. The van der Waals surface area contributed by atoms with Crippen LogP contribution in [0.5, 0.6) is 11.5 Å². The van der Waals surface area contributed by atoms with Crippen molar-refractivity contribution in [1.29, 1.82) is 0 Å². The average molecular weight is 401 g/mol. The van der Waals surface area contributed by atoms with Crippen LogP contribution in [0.1, 0.15) is 36.9 Å². The van der Waals surface area contributed by atoms with E-state index in [0.717, 1.165) is 24.0 Å². The van der Waals surface area contributed by atoms with Crippen LogP contribution in [-0.4, -0.2) is 25.0 Å². The molecule has 1 atom stereocenters. The smallest absolute Gasteiger partial charge is 0.261 e. The Kier molecular flexibility index (Phi) is 5.39. The lowest BCUT2D eigenvalue weighted by molar-refractivity contribution is -0.126. The second-order valence-electron chi connectivity index (χ2n) is 6.95. The topological polar surface area (TPSA) is 69.2 Å². The fourth-order valence-electron chi connectivity index (χ4n) is 3.15. The van der Waals surface area contributed by atoms with E-state index in [4.69, 9.17) is 25.9 Å². The molecule has 1 saturated carbocycles. The number of oxime groups is 1. The minimum Gasteiger partial charge on any atom is -0.454 e. The molecule has 146 valence electrons. The van der Waals surface area contributed by atoms with Gasteiger partial charge in [-0.2, -0.15) is 0 Å². The second kappa shape index (κ2) is 8.10. The van der Waals surface area contributed by atoms with Crippen molar-refractivity contribution in [3.8, 4) is 11.5 Å². The van der Waals surface area contributed by atoms with E-state index in [-0.39, 0.29) is 25.3 Å². The molecule has 2 aromatic carbocycles. The number of benzene rings is 2. The Morgan fingerprint density at radius 1 is 1.21 bits per heavy atom. The fourth-order valence-corrected chi connectivity index (χ4v) is 3.28. The summed E-state index contributed by atoms with van der Waals surface area (Å²) < 4.78 is 10.7. The van der Waals surface area contributed by atoms with Crippen molar-refractivity contribution >= 4 is 23.2 Å². The van der Waals surface area contributed by atoms with Gasteiger partial charge in [0.25, 0.3) is 5.91 Å². The maximum absolute atomic E-state index is 12.3. The van der Waals surface area contributed by atoms with Gasteiger partial charge in [-0.25, -0.2) is 0 Å². The van der Waals surface area contributed by atoms with Crippen LogP contribution in [-0.2, 0) is 9.63 Å². The molecule has 0 aromatic heterocycles. The molecule has 2 aromatic rings. The number of carbonyl (C=O) groups is 1. The number of nitrogens with one attached hydrogen (secondary N) is 1. The molecule has 1 fully saturated rings. The van der Waals surface area contributed by atoms with Crippen LogP contribution in [0.15, 0.2) is 47.6 Å². The van der Waals surface area contributed by atoms with Crippen molar-refractivity contribution in [3.63, 3.8) is 0 Å². The van der Waals surface area contributed by atoms with E-state index in [1.807, 2.05) is 49.4 Å². The van der Waals surface area contributed by atoms with Crippen LogP contribution in [0.2, 0.25) is 5.02 Å². The third-order valence-electron chi connectivity index (χ3n) is 4.83. The van der Waals surface area contributed by atoms with Crippen LogP contribution < -0.4 is 14.8 Å². The van der Waals surface area contributed by atoms with Crippen molar-refractivity contribution in [2.24, 2.45) is 11.1 Å². The molecule has 1 unspecified atom stereocenters. The molecular formula is C21H21ClN2O4. The van der Waals surface area contributed by atoms with E-state index >= 15 is 0 Å². The molecule has 1 amide bonds. The number of carbonyl (C=O) groups excluding carboxylic acids is 1. The third kappa shape index (κ3) is 4.39. The van der Waals surface area contributed by atoms with Crippen molar-refractivity contribution in [2.75, 3.05) is 13.4 Å². The van der Waals surface area contributed by atoms with Crippen LogP contribution in [0.3, 0.4) is 0 Å². The van der Waals surface area contributed by atoms with Gasteiger partial charge in [0.15, 0.2) is 18.1 Å². The molecule has 28 heavy (non-hydrogen) atoms. The van der Waals surface area contributed by atoms with Crippen molar-refractivity contribution in [2.45, 2.75) is 25.8 Å². The standard InChI is InChI=1S/C21H21ClN2O4/c1-13(16-6-9-18-19(10-16)27-12-26-18)24-28-11-20(25)23-21(14-2-3-14)15-4-7-17(22)8-5-15/h4-10,14,21H,2-3,11-12H2,1H3,(H,23,25)/b24-13-. The quantitative estimate of drug-likeness (QED) is 0.561. The van der Waals surface area contributed by atoms with E-state index in [2.05, 4.69) is 10.5 Å². The predicted molar refractivity (Wildman–Crippen MR) is 106 cm³/mol. The molecule has 1 aliphatic carbocycles. The number of hydrogen-bond acceptors (Lipinski definition) is 5. The Morgan fingerprint density at radius 2 is 1.96 bits per heavy atom. The first-order valence-electron chi connectivity index (χ1n) is 9.21. The number of nitrogens with zero attached hydrogens (tertiary/aromatic N) is 1. The Hall–Kier alpha value is -2.73. The number of rotatable bonds is 7. The molecule has 1 heterocycles. The normalized spacial score (nSPS) is 16.6. The molecule has 0 bridgehead atoms. The molecular weight excluding hydrogens is 380 g/mol. The summed E-state index contributed by atoms with van der Waals surface area (Å²) in [5.41, 5.74) is 2.56. The maximum Gasteiger partial charge on any atom is 0.261 e. The minimum absolute atomic E-state index is 0.0210. The SMILES string of the molecule is C/C(=N/OCC(=O)NC(c1ccc(Cl)cc1)C1CC1)c1ccc2c(c1)OCO2. The van der Waals surface area contributed by atoms with E-state index in [9.17, 15) is 4.79 Å². The highest BCUT2D eigenvalue weighted by molar-refractivity contribution is 6.30. The predicted octanol–water partition coefficient (Wildman–Crippen LogP) is 4.08. The van der Waals surface area contributed by atoms with Crippen LogP contribution in [0.4, 0.5) is 0 Å². The Labute approximate surface area is 168 Å². The highest BCUT2D eigenvalue weighted by Crippen LogP contribution is 2.41. The van der Waals surface area contributed by atoms with Crippen LogP contribution >= 0.6 is 11.6 Å². The first-order chi connectivity index (χ1) is 13.6. The highest BCUT2D eigenvalue weighted by atomic mass is 35.5. The summed E-state index contributed by atoms with van der Waals surface area (Å²) in [7, 11) is 0. The number of amides is 1. The number of halogens is 1. The van der Waals surface area contributed by atoms with Gasteiger partial charge in [-0.3, -0.25) is 4.79 Å². The lowest BCUT2D eigenvalue weighted by atomic mass is 10.0. The zero-order valence-electron chi connectivity index (χ0n) is 15.5. The van der Waals surface area contributed by atoms with Gasteiger partial charge in [0, 0.05) is 10.6 Å². The number of fused-ring (bicyclic) bond motifs is 1. The van der Waals surface area contributed by atoms with Gasteiger partial charge in [0.05, 0.1) is 11.8 Å². The van der Waals surface area contributed by atoms with E-state index in [1.165, 1.54) is 0 Å². The molecule has 0 saturated heterocycles. The van der Waals surface area contributed by atoms with E-state index < -0.39 is 0 Å². The minimum atomic E-state index is -0.200. The largest absolute Gasteiger partial charge is 0.454 e. The van der Waals surface area contributed by atoms with Gasteiger partial charge in [-0.05, 0) is 61.6 Å². The van der Waals surface area contributed by atoms with Gasteiger partial charge in [0.1, 0.15) is 0 Å². The average Bonchev–Trinajstić information content (AvgIpc) is 3.43. The lowest BCUT2D eigenvalue weighted by Gasteiger charge is -2.18. The summed E-state index contributed by atoms with van der Waals surface area (Å²) >= 11 is 5.96. The Bertz CT molecular complexity index is 894. The summed E-state index contributed by atoms with van der Waals surface area (Å²) in [6, 6.07) is 13.1. The summed E-state index contributed by atoms with van der Waals surface area (Å²) in [6.07, 6.45) is 2.21. The monoisotopic (exact) mass is 400 g/mol. The van der Waals surface area contributed by atoms with Crippen LogP contribution in [0, 0.1) is 5.92 Å². The van der Waals surface area contributed by atoms with Gasteiger partial charge >= 0.3 is 0 Å². The van der Waals surface area contributed by atoms with Crippen molar-refractivity contribution in [3.05, 3.63) is 58.6 Å². The Morgan fingerprint density at radius 3 is 2.71 bits per heavy atom. The van der Waals surface area contributed by atoms with Gasteiger partial charge in [-0.15, -0.1) is 0 Å². The Balaban J connectivity index is 1.33. The van der Waals surface area contributed by atoms with Crippen LogP contribution in [0.25, 0.3) is 0 Å². The summed E-state index contributed by atoms with van der Waals surface area (Å²) in [4.78, 5) is 17.6. The number of ether oxygens (including phenoxy) is 2. The number of hydrogen-bond donors (Lipinski definition) is 1. The summed E-state index contributed by atoms with van der Waals surface area (Å²) in [5.74, 6) is 1.66. The second-order valence-corrected chi connectivity index (χ2v) is 7.39. The molecule has 6 nitrogen and oxygen atoms in total. The van der Waals surface area contributed by atoms with Gasteiger partial charge < -0.3 is 19.6 Å². The van der Waals surface area contributed by atoms with E-state index in [1.54, 1.807) is 0 Å². The first kappa shape index (κ1) is 18.6. The van der Waals surface area contributed by atoms with E-state index in [0.29, 0.717) is 28.2 Å². The molecule has 0 spiro atoms. The molecule has 1 N–H and O–H groups in total. The zero-order chi connectivity index (χ0) is 19.5. The lowest BCUT2D eigenvalue weighted by Crippen LogP contribution is -2.32. The maximum atomic E-state index is 12.3. The first-order valence-corrected chi connectivity index (χ1v) is 9.59. The van der Waals surface area contributed by atoms with Gasteiger partial charge in [0.2, 0.25) is 6.79 Å². The molecule has 2 aliphatic rings. The molecule has 1 aliphatic heterocycles.